The van der Waals surface area contributed by atoms with Crippen LogP contribution in [0.15, 0.2) is 18.2 Å². The predicted octanol–water partition coefficient (Wildman–Crippen LogP) is 2.23. The number of benzene rings is 1. The third-order valence-corrected chi connectivity index (χ3v) is 2.85. The van der Waals surface area contributed by atoms with Gasteiger partial charge in [-0.3, -0.25) is 11.3 Å². The van der Waals surface area contributed by atoms with Gasteiger partial charge in [0.15, 0.2) is 0 Å². The van der Waals surface area contributed by atoms with E-state index in [-0.39, 0.29) is 6.04 Å². The average Bonchev–Trinajstić information content (AvgIpc) is 2.28. The zero-order chi connectivity index (χ0) is 12.0. The molecule has 3 heteroatoms. The Morgan fingerprint density at radius 1 is 1.38 bits per heavy atom. The molecule has 0 saturated carbocycles. The van der Waals surface area contributed by atoms with Crippen molar-refractivity contribution in [3.8, 4) is 0 Å². The third kappa shape index (κ3) is 3.59. The molecule has 1 aromatic rings. The number of nitrogens with one attached hydrogen (secondary N) is 1. The lowest BCUT2D eigenvalue weighted by Crippen LogP contribution is -2.28. The Balaban J connectivity index is 2.73. The van der Waals surface area contributed by atoms with E-state index in [1.807, 2.05) is 0 Å². The van der Waals surface area contributed by atoms with Gasteiger partial charge in [-0.05, 0) is 37.8 Å². The lowest BCUT2D eigenvalue weighted by atomic mass is 9.96. The van der Waals surface area contributed by atoms with Gasteiger partial charge in [0.2, 0.25) is 0 Å². The Kier molecular flexibility index (Phi) is 5.46. The molecule has 0 fully saturated rings. The summed E-state index contributed by atoms with van der Waals surface area (Å²) in [5.74, 6) is 5.62. The van der Waals surface area contributed by atoms with Gasteiger partial charge >= 0.3 is 0 Å². The number of aryl methyl sites for hydroxylation is 2. The van der Waals surface area contributed by atoms with E-state index in [9.17, 15) is 0 Å². The zero-order valence-corrected chi connectivity index (χ0v) is 10.4. The van der Waals surface area contributed by atoms with E-state index in [1.165, 1.54) is 16.7 Å². The van der Waals surface area contributed by atoms with Gasteiger partial charge in [0.25, 0.3) is 0 Å². The summed E-state index contributed by atoms with van der Waals surface area (Å²) in [7, 11) is 1.72. The first-order valence-electron chi connectivity index (χ1n) is 5.71. The van der Waals surface area contributed by atoms with Gasteiger partial charge in [0, 0.05) is 19.8 Å². The second-order valence-corrected chi connectivity index (χ2v) is 4.21. The minimum Gasteiger partial charge on any atom is -0.385 e. The van der Waals surface area contributed by atoms with E-state index in [4.69, 9.17) is 10.6 Å². The van der Waals surface area contributed by atoms with E-state index in [1.54, 1.807) is 7.11 Å². The maximum Gasteiger partial charge on any atom is 0.0463 e. The van der Waals surface area contributed by atoms with Crippen molar-refractivity contribution in [2.24, 2.45) is 5.84 Å². The third-order valence-electron chi connectivity index (χ3n) is 2.85. The van der Waals surface area contributed by atoms with Crippen LogP contribution in [-0.2, 0) is 4.74 Å². The SMILES string of the molecule is COCCCC(NN)c1cc(C)ccc1C. The number of methoxy groups -OCH3 is 1. The molecule has 1 atom stereocenters. The summed E-state index contributed by atoms with van der Waals surface area (Å²) < 4.78 is 5.06. The van der Waals surface area contributed by atoms with Crippen molar-refractivity contribution in [3.05, 3.63) is 34.9 Å². The van der Waals surface area contributed by atoms with E-state index in [2.05, 4.69) is 37.5 Å². The Labute approximate surface area is 98.0 Å². The molecule has 0 aliphatic rings. The molecule has 0 spiro atoms. The van der Waals surface area contributed by atoms with Gasteiger partial charge in [-0.25, -0.2) is 0 Å². The molecule has 0 bridgehead atoms. The molecule has 0 aromatic heterocycles. The first-order chi connectivity index (χ1) is 7.69. The average molecular weight is 222 g/mol. The van der Waals surface area contributed by atoms with E-state index in [0.717, 1.165) is 19.4 Å². The largest absolute Gasteiger partial charge is 0.385 e. The topological polar surface area (TPSA) is 47.3 Å². The van der Waals surface area contributed by atoms with Crippen LogP contribution in [0.2, 0.25) is 0 Å². The highest BCUT2D eigenvalue weighted by Crippen LogP contribution is 2.22. The lowest BCUT2D eigenvalue weighted by Gasteiger charge is -2.19. The second-order valence-electron chi connectivity index (χ2n) is 4.21. The lowest BCUT2D eigenvalue weighted by molar-refractivity contribution is 0.188. The summed E-state index contributed by atoms with van der Waals surface area (Å²) in [5, 5.41) is 0. The fraction of sp³-hybridized carbons (Fsp3) is 0.538. The number of rotatable bonds is 6. The van der Waals surface area contributed by atoms with Gasteiger partial charge in [-0.2, -0.15) is 0 Å². The molecule has 0 aliphatic carbocycles. The minimum absolute atomic E-state index is 0.218. The molecule has 0 amide bonds. The van der Waals surface area contributed by atoms with Crippen molar-refractivity contribution in [2.45, 2.75) is 32.7 Å². The number of ether oxygens (including phenoxy) is 1. The summed E-state index contributed by atoms with van der Waals surface area (Å²) in [6, 6.07) is 6.69. The van der Waals surface area contributed by atoms with Crippen LogP contribution in [0.5, 0.6) is 0 Å². The summed E-state index contributed by atoms with van der Waals surface area (Å²) in [6.07, 6.45) is 2.01. The number of hydrogen-bond acceptors (Lipinski definition) is 3. The molecule has 3 nitrogen and oxygen atoms in total. The summed E-state index contributed by atoms with van der Waals surface area (Å²) >= 11 is 0. The van der Waals surface area contributed by atoms with Crippen LogP contribution < -0.4 is 11.3 Å². The molecule has 0 saturated heterocycles. The first-order valence-corrected chi connectivity index (χ1v) is 5.71. The molecule has 1 rings (SSSR count). The Morgan fingerprint density at radius 3 is 2.75 bits per heavy atom. The highest BCUT2D eigenvalue weighted by atomic mass is 16.5. The summed E-state index contributed by atoms with van der Waals surface area (Å²) in [4.78, 5) is 0. The van der Waals surface area contributed by atoms with Crippen LogP contribution in [-0.4, -0.2) is 13.7 Å². The molecular formula is C13H22N2O. The van der Waals surface area contributed by atoms with Crippen molar-refractivity contribution in [2.75, 3.05) is 13.7 Å². The van der Waals surface area contributed by atoms with Crippen LogP contribution in [0.3, 0.4) is 0 Å². The normalized spacial score (nSPS) is 12.8. The number of hydrazine groups is 1. The molecule has 90 valence electrons. The predicted molar refractivity (Wildman–Crippen MR) is 67.1 cm³/mol. The monoisotopic (exact) mass is 222 g/mol. The van der Waals surface area contributed by atoms with Gasteiger partial charge in [0.05, 0.1) is 0 Å². The van der Waals surface area contributed by atoms with Crippen LogP contribution in [0.1, 0.15) is 35.6 Å². The first kappa shape index (κ1) is 13.2. The zero-order valence-electron chi connectivity index (χ0n) is 10.4. The Hall–Kier alpha value is -0.900. The Morgan fingerprint density at radius 2 is 2.12 bits per heavy atom. The summed E-state index contributed by atoms with van der Waals surface area (Å²) in [5.41, 5.74) is 6.73. The number of nitrogens with two attached hydrogens (primary N) is 1. The van der Waals surface area contributed by atoms with Gasteiger partial charge < -0.3 is 4.74 Å². The van der Waals surface area contributed by atoms with E-state index < -0.39 is 0 Å². The Bertz CT molecular complexity index is 326. The van der Waals surface area contributed by atoms with E-state index >= 15 is 0 Å². The van der Waals surface area contributed by atoms with Crippen molar-refractivity contribution in [1.29, 1.82) is 0 Å². The molecule has 1 aromatic carbocycles. The molecule has 3 N–H and O–H groups in total. The van der Waals surface area contributed by atoms with Crippen molar-refractivity contribution in [3.63, 3.8) is 0 Å². The maximum absolute atomic E-state index is 5.62. The van der Waals surface area contributed by atoms with E-state index in [0.29, 0.717) is 0 Å². The van der Waals surface area contributed by atoms with Gasteiger partial charge in [-0.15, -0.1) is 0 Å². The maximum atomic E-state index is 5.62. The van der Waals surface area contributed by atoms with Gasteiger partial charge in [-0.1, -0.05) is 23.8 Å². The molecule has 0 aliphatic heterocycles. The molecule has 1 unspecified atom stereocenters. The van der Waals surface area contributed by atoms with Crippen molar-refractivity contribution in [1.82, 2.24) is 5.43 Å². The molecule has 0 radical (unpaired) electrons. The summed E-state index contributed by atoms with van der Waals surface area (Å²) in [6.45, 7) is 5.00. The molecular weight excluding hydrogens is 200 g/mol. The van der Waals surface area contributed by atoms with Crippen LogP contribution in [0.4, 0.5) is 0 Å². The van der Waals surface area contributed by atoms with Crippen molar-refractivity contribution < 1.29 is 4.74 Å². The standard InChI is InChI=1S/C13H22N2O/c1-10-6-7-11(2)12(9-10)13(15-14)5-4-8-16-3/h6-7,9,13,15H,4-5,8,14H2,1-3H3. The fourth-order valence-electron chi connectivity index (χ4n) is 1.90. The number of hydrogen-bond donors (Lipinski definition) is 2. The highest BCUT2D eigenvalue weighted by molar-refractivity contribution is 5.32. The van der Waals surface area contributed by atoms with Crippen molar-refractivity contribution >= 4 is 0 Å². The van der Waals surface area contributed by atoms with Crippen LogP contribution in [0.25, 0.3) is 0 Å². The second kappa shape index (κ2) is 6.63. The van der Waals surface area contributed by atoms with Crippen LogP contribution in [0, 0.1) is 13.8 Å². The quantitative estimate of drug-likeness (QED) is 0.441. The minimum atomic E-state index is 0.218. The van der Waals surface area contributed by atoms with Crippen LogP contribution >= 0.6 is 0 Å². The molecule has 16 heavy (non-hydrogen) atoms. The highest BCUT2D eigenvalue weighted by Gasteiger charge is 2.11. The van der Waals surface area contributed by atoms with Gasteiger partial charge in [0.1, 0.15) is 0 Å². The molecule has 0 heterocycles. The smallest absolute Gasteiger partial charge is 0.0463 e. The fourth-order valence-corrected chi connectivity index (χ4v) is 1.90.